The number of carboxylic acids is 1. The maximum atomic E-state index is 11.3. The molecule has 0 saturated carbocycles. The molecule has 0 spiro atoms. The third-order valence-corrected chi connectivity index (χ3v) is 4.89. The van der Waals surface area contributed by atoms with Crippen LogP contribution in [0.5, 0.6) is 5.75 Å². The molecule has 1 aromatic carbocycles. The van der Waals surface area contributed by atoms with Crippen molar-refractivity contribution in [1.82, 2.24) is 5.32 Å². The van der Waals surface area contributed by atoms with Crippen LogP contribution in [-0.2, 0) is 9.84 Å². The summed E-state index contributed by atoms with van der Waals surface area (Å²) in [4.78, 5) is 10.8. The van der Waals surface area contributed by atoms with E-state index in [9.17, 15) is 13.2 Å². The van der Waals surface area contributed by atoms with E-state index in [2.05, 4.69) is 5.32 Å². The maximum Gasteiger partial charge on any atom is 0.335 e. The molecule has 110 valence electrons. The Hall–Kier alpha value is -1.60. The maximum absolute atomic E-state index is 11.3. The van der Waals surface area contributed by atoms with Crippen molar-refractivity contribution < 1.29 is 23.1 Å². The molecule has 1 aromatic rings. The van der Waals surface area contributed by atoms with Gasteiger partial charge in [0.15, 0.2) is 9.84 Å². The van der Waals surface area contributed by atoms with Crippen LogP contribution in [-0.4, -0.2) is 50.2 Å². The SMILES string of the molecule is O=C(O)c1cccc(OCCNC2CCS(=O)(=O)C2)c1. The van der Waals surface area contributed by atoms with Crippen molar-refractivity contribution in [3.8, 4) is 5.75 Å². The summed E-state index contributed by atoms with van der Waals surface area (Å²) in [6.45, 7) is 0.886. The first kappa shape index (κ1) is 14.8. The Morgan fingerprint density at radius 2 is 2.25 bits per heavy atom. The highest BCUT2D eigenvalue weighted by atomic mass is 32.2. The molecule has 6 nitrogen and oxygen atoms in total. The van der Waals surface area contributed by atoms with E-state index in [-0.39, 0.29) is 23.1 Å². The quantitative estimate of drug-likeness (QED) is 0.745. The fourth-order valence-electron chi connectivity index (χ4n) is 2.11. The van der Waals surface area contributed by atoms with Gasteiger partial charge in [0.1, 0.15) is 12.4 Å². The van der Waals surface area contributed by atoms with Gasteiger partial charge in [-0.3, -0.25) is 0 Å². The molecule has 1 atom stereocenters. The highest BCUT2D eigenvalue weighted by Gasteiger charge is 2.26. The monoisotopic (exact) mass is 299 g/mol. The largest absolute Gasteiger partial charge is 0.492 e. The number of hydrogen-bond donors (Lipinski definition) is 2. The van der Waals surface area contributed by atoms with Gasteiger partial charge in [-0.1, -0.05) is 6.07 Å². The fraction of sp³-hybridized carbons (Fsp3) is 0.462. The number of rotatable bonds is 6. The zero-order chi connectivity index (χ0) is 14.6. The molecule has 1 heterocycles. The molecule has 1 aliphatic heterocycles. The Kier molecular flexibility index (Phi) is 4.61. The smallest absolute Gasteiger partial charge is 0.335 e. The van der Waals surface area contributed by atoms with Crippen molar-refractivity contribution in [1.29, 1.82) is 0 Å². The summed E-state index contributed by atoms with van der Waals surface area (Å²) in [7, 11) is -2.87. The minimum atomic E-state index is -2.87. The second kappa shape index (κ2) is 6.23. The van der Waals surface area contributed by atoms with Crippen LogP contribution in [0.4, 0.5) is 0 Å². The molecule has 1 saturated heterocycles. The summed E-state index contributed by atoms with van der Waals surface area (Å²) in [5, 5.41) is 12.0. The zero-order valence-corrected chi connectivity index (χ0v) is 11.7. The van der Waals surface area contributed by atoms with Crippen molar-refractivity contribution in [2.24, 2.45) is 0 Å². The summed E-state index contributed by atoms with van der Waals surface area (Å²) in [5.41, 5.74) is 0.178. The van der Waals surface area contributed by atoms with Crippen LogP contribution >= 0.6 is 0 Å². The minimum Gasteiger partial charge on any atom is -0.492 e. The predicted molar refractivity (Wildman–Crippen MR) is 74.0 cm³/mol. The molecule has 1 aliphatic rings. The van der Waals surface area contributed by atoms with Gasteiger partial charge in [-0.2, -0.15) is 0 Å². The Morgan fingerprint density at radius 1 is 1.45 bits per heavy atom. The van der Waals surface area contributed by atoms with E-state index in [1.807, 2.05) is 0 Å². The van der Waals surface area contributed by atoms with Gasteiger partial charge in [-0.05, 0) is 24.6 Å². The molecule has 0 radical (unpaired) electrons. The first-order valence-electron chi connectivity index (χ1n) is 6.36. The van der Waals surface area contributed by atoms with Gasteiger partial charge in [-0.25, -0.2) is 13.2 Å². The van der Waals surface area contributed by atoms with E-state index < -0.39 is 15.8 Å². The van der Waals surface area contributed by atoms with Crippen molar-refractivity contribution in [3.63, 3.8) is 0 Å². The Balaban J connectivity index is 1.74. The van der Waals surface area contributed by atoms with Gasteiger partial charge in [0.05, 0.1) is 17.1 Å². The van der Waals surface area contributed by atoms with E-state index in [1.165, 1.54) is 12.1 Å². The average molecular weight is 299 g/mol. The van der Waals surface area contributed by atoms with Crippen LogP contribution in [0.15, 0.2) is 24.3 Å². The molecule has 2 rings (SSSR count). The van der Waals surface area contributed by atoms with E-state index in [0.717, 1.165) is 0 Å². The number of benzene rings is 1. The van der Waals surface area contributed by atoms with Crippen molar-refractivity contribution in [3.05, 3.63) is 29.8 Å². The molecule has 2 N–H and O–H groups in total. The Labute approximate surface area is 117 Å². The molecule has 1 unspecified atom stereocenters. The lowest BCUT2D eigenvalue weighted by Crippen LogP contribution is -2.33. The predicted octanol–water partition coefficient (Wildman–Crippen LogP) is 0.540. The molecule has 0 bridgehead atoms. The number of sulfone groups is 1. The molecule has 1 fully saturated rings. The van der Waals surface area contributed by atoms with E-state index in [4.69, 9.17) is 9.84 Å². The lowest BCUT2D eigenvalue weighted by Gasteiger charge is -2.11. The zero-order valence-electron chi connectivity index (χ0n) is 10.9. The van der Waals surface area contributed by atoms with Crippen LogP contribution in [0.2, 0.25) is 0 Å². The second-order valence-corrected chi connectivity index (χ2v) is 6.96. The minimum absolute atomic E-state index is 0.00560. The molecule has 7 heteroatoms. The Bertz CT molecular complexity index is 584. The first-order valence-corrected chi connectivity index (χ1v) is 8.18. The number of aromatic carboxylic acids is 1. The molecular weight excluding hydrogens is 282 g/mol. The van der Waals surface area contributed by atoms with Gasteiger partial charge in [0.2, 0.25) is 0 Å². The summed E-state index contributed by atoms with van der Waals surface area (Å²) < 4.78 is 28.0. The van der Waals surface area contributed by atoms with Gasteiger partial charge in [0.25, 0.3) is 0 Å². The van der Waals surface area contributed by atoms with Crippen LogP contribution in [0.1, 0.15) is 16.8 Å². The summed E-state index contributed by atoms with van der Waals surface area (Å²) >= 11 is 0. The lowest BCUT2D eigenvalue weighted by atomic mass is 10.2. The molecule has 0 aliphatic carbocycles. The normalized spacial score (nSPS) is 20.7. The van der Waals surface area contributed by atoms with E-state index in [1.54, 1.807) is 12.1 Å². The van der Waals surface area contributed by atoms with Gasteiger partial charge in [-0.15, -0.1) is 0 Å². The lowest BCUT2D eigenvalue weighted by molar-refractivity contribution is 0.0696. The van der Waals surface area contributed by atoms with E-state index >= 15 is 0 Å². The van der Waals surface area contributed by atoms with Crippen LogP contribution in [0.3, 0.4) is 0 Å². The number of ether oxygens (including phenoxy) is 1. The standard InChI is InChI=1S/C13H17NO5S/c15-13(16)10-2-1-3-12(8-10)19-6-5-14-11-4-7-20(17,18)9-11/h1-3,8,11,14H,4-7,9H2,(H,15,16). The third kappa shape index (κ3) is 4.21. The third-order valence-electron chi connectivity index (χ3n) is 3.12. The summed E-state index contributed by atoms with van der Waals surface area (Å²) in [6, 6.07) is 6.26. The van der Waals surface area contributed by atoms with Crippen LogP contribution in [0.25, 0.3) is 0 Å². The topological polar surface area (TPSA) is 92.7 Å². The van der Waals surface area contributed by atoms with Gasteiger partial charge >= 0.3 is 5.97 Å². The van der Waals surface area contributed by atoms with E-state index in [0.29, 0.717) is 25.3 Å². The Morgan fingerprint density at radius 3 is 2.90 bits per heavy atom. The summed E-state index contributed by atoms with van der Waals surface area (Å²) in [5.74, 6) is -0.0799. The number of carboxylic acid groups (broad SMARTS) is 1. The van der Waals surface area contributed by atoms with Crippen molar-refractivity contribution in [2.45, 2.75) is 12.5 Å². The highest BCUT2D eigenvalue weighted by Crippen LogP contribution is 2.13. The van der Waals surface area contributed by atoms with Crippen LogP contribution < -0.4 is 10.1 Å². The number of hydrogen-bond acceptors (Lipinski definition) is 5. The molecule has 0 aromatic heterocycles. The van der Waals surface area contributed by atoms with Crippen LogP contribution in [0, 0.1) is 0 Å². The molecule has 20 heavy (non-hydrogen) atoms. The average Bonchev–Trinajstić information content (AvgIpc) is 2.75. The summed E-state index contributed by atoms with van der Waals surface area (Å²) in [6.07, 6.45) is 0.636. The molecular formula is C13H17NO5S. The fourth-order valence-corrected chi connectivity index (χ4v) is 3.81. The van der Waals surface area contributed by atoms with Crippen molar-refractivity contribution >= 4 is 15.8 Å². The first-order chi connectivity index (χ1) is 9.46. The second-order valence-electron chi connectivity index (χ2n) is 4.74. The van der Waals surface area contributed by atoms with Gasteiger partial charge < -0.3 is 15.2 Å². The van der Waals surface area contributed by atoms with Gasteiger partial charge in [0, 0.05) is 12.6 Å². The molecule has 0 amide bonds. The number of nitrogens with one attached hydrogen (secondary N) is 1. The highest BCUT2D eigenvalue weighted by molar-refractivity contribution is 7.91. The number of carbonyl (C=O) groups is 1. The van der Waals surface area contributed by atoms with Crippen molar-refractivity contribution in [2.75, 3.05) is 24.7 Å².